The maximum absolute atomic E-state index is 14.3. The van der Waals surface area contributed by atoms with Crippen molar-refractivity contribution in [2.75, 3.05) is 6.54 Å². The first-order valence-electron chi connectivity index (χ1n) is 12.8. The highest BCUT2D eigenvalue weighted by atomic mass is 79.9. The van der Waals surface area contributed by atoms with E-state index in [4.69, 9.17) is 4.74 Å². The SMILES string of the molecule is CC(C)c1ccc(CC2(C)Cc3cc(CCC(=O)N(CC(=O)O)Cc4ccc(Br)cc4F)ccc3O2)cc1. The molecule has 0 saturated carbocycles. The quantitative estimate of drug-likeness (QED) is 0.289. The summed E-state index contributed by atoms with van der Waals surface area (Å²) in [6.45, 7) is 5.91. The molecule has 3 aromatic carbocycles. The summed E-state index contributed by atoms with van der Waals surface area (Å²) in [5.74, 6) is -0.598. The first-order chi connectivity index (χ1) is 18.0. The van der Waals surface area contributed by atoms with Crippen LogP contribution in [-0.4, -0.2) is 34.0 Å². The highest BCUT2D eigenvalue weighted by Crippen LogP contribution is 2.38. The summed E-state index contributed by atoms with van der Waals surface area (Å²) in [5, 5.41) is 9.30. The van der Waals surface area contributed by atoms with Crippen LogP contribution in [0.2, 0.25) is 0 Å². The summed E-state index contributed by atoms with van der Waals surface area (Å²) in [6, 6.07) is 19.2. The zero-order valence-electron chi connectivity index (χ0n) is 22.0. The smallest absolute Gasteiger partial charge is 0.323 e. The van der Waals surface area contributed by atoms with Crippen LogP contribution >= 0.6 is 15.9 Å². The van der Waals surface area contributed by atoms with Crippen molar-refractivity contribution in [2.45, 2.75) is 64.5 Å². The molecule has 3 aromatic rings. The monoisotopic (exact) mass is 581 g/mol. The van der Waals surface area contributed by atoms with E-state index in [-0.39, 0.29) is 30.0 Å². The second-order valence-corrected chi connectivity index (χ2v) is 11.5. The van der Waals surface area contributed by atoms with Gasteiger partial charge in [0, 0.05) is 35.8 Å². The van der Waals surface area contributed by atoms with Gasteiger partial charge in [0.15, 0.2) is 0 Å². The van der Waals surface area contributed by atoms with E-state index < -0.39 is 18.3 Å². The average molecular weight is 583 g/mol. The molecule has 1 aliphatic heterocycles. The van der Waals surface area contributed by atoms with E-state index in [9.17, 15) is 19.1 Å². The van der Waals surface area contributed by atoms with E-state index >= 15 is 0 Å². The first-order valence-corrected chi connectivity index (χ1v) is 13.6. The molecule has 0 aromatic heterocycles. The largest absolute Gasteiger partial charge is 0.487 e. The van der Waals surface area contributed by atoms with Crippen LogP contribution in [0.25, 0.3) is 0 Å². The van der Waals surface area contributed by atoms with Crippen LogP contribution in [0.5, 0.6) is 5.75 Å². The highest BCUT2D eigenvalue weighted by molar-refractivity contribution is 9.10. The van der Waals surface area contributed by atoms with Gasteiger partial charge in [-0.15, -0.1) is 0 Å². The number of hydrogen-bond donors (Lipinski definition) is 1. The number of carboxylic acid groups (broad SMARTS) is 1. The van der Waals surface area contributed by atoms with E-state index in [1.54, 1.807) is 12.1 Å². The summed E-state index contributed by atoms with van der Waals surface area (Å²) in [5.41, 5.74) is 4.57. The van der Waals surface area contributed by atoms with Crippen LogP contribution < -0.4 is 4.74 Å². The second-order valence-electron chi connectivity index (χ2n) is 10.6. The van der Waals surface area contributed by atoms with Gasteiger partial charge < -0.3 is 14.7 Å². The number of ether oxygens (including phenoxy) is 1. The van der Waals surface area contributed by atoms with Gasteiger partial charge in [0.25, 0.3) is 0 Å². The molecule has 38 heavy (non-hydrogen) atoms. The van der Waals surface area contributed by atoms with Crippen LogP contribution in [0.3, 0.4) is 0 Å². The lowest BCUT2D eigenvalue weighted by atomic mass is 9.90. The molecule has 4 rings (SSSR count). The minimum Gasteiger partial charge on any atom is -0.487 e. The van der Waals surface area contributed by atoms with Crippen molar-refractivity contribution in [3.05, 3.63) is 98.8 Å². The van der Waals surface area contributed by atoms with Gasteiger partial charge in [-0.1, -0.05) is 72.2 Å². The van der Waals surface area contributed by atoms with Crippen molar-refractivity contribution >= 4 is 27.8 Å². The topological polar surface area (TPSA) is 66.8 Å². The Balaban J connectivity index is 1.38. The fourth-order valence-electron chi connectivity index (χ4n) is 4.94. The Kier molecular flexibility index (Phi) is 8.56. The molecule has 0 saturated heterocycles. The number of aryl methyl sites for hydroxylation is 1. The Morgan fingerprint density at radius 1 is 1.08 bits per heavy atom. The predicted octanol–water partition coefficient (Wildman–Crippen LogP) is 6.69. The van der Waals surface area contributed by atoms with Crippen molar-refractivity contribution < 1.29 is 23.8 Å². The molecule has 7 heteroatoms. The first kappa shape index (κ1) is 27.8. The molecule has 0 spiro atoms. The highest BCUT2D eigenvalue weighted by Gasteiger charge is 2.35. The van der Waals surface area contributed by atoms with Gasteiger partial charge in [-0.05, 0) is 59.7 Å². The molecule has 0 aliphatic carbocycles. The van der Waals surface area contributed by atoms with Gasteiger partial charge in [0.05, 0.1) is 0 Å². The number of carbonyl (C=O) groups excluding carboxylic acids is 1. The molecule has 5 nitrogen and oxygen atoms in total. The van der Waals surface area contributed by atoms with Crippen LogP contribution in [0.1, 0.15) is 60.9 Å². The number of nitrogens with zero attached hydrogens (tertiary/aromatic N) is 1. The minimum absolute atomic E-state index is 0.0984. The second kappa shape index (κ2) is 11.7. The molecule has 0 bridgehead atoms. The van der Waals surface area contributed by atoms with Gasteiger partial charge >= 0.3 is 5.97 Å². The Morgan fingerprint density at radius 3 is 2.45 bits per heavy atom. The lowest BCUT2D eigenvalue weighted by molar-refractivity contribution is -0.144. The van der Waals surface area contributed by atoms with Crippen molar-refractivity contribution in [1.29, 1.82) is 0 Å². The standard InChI is InChI=1S/C31H33BrFNO4/c1-20(2)23-8-4-22(5-9-23)16-31(3)17-25-14-21(6-12-28(25)38-31)7-13-29(35)34(19-30(36)37)18-24-10-11-26(32)15-27(24)33/h4-6,8-12,14-15,20H,7,13,16-19H2,1-3H3,(H,36,37). The Labute approximate surface area is 231 Å². The Morgan fingerprint density at radius 2 is 1.79 bits per heavy atom. The molecule has 1 unspecified atom stereocenters. The van der Waals surface area contributed by atoms with Crippen molar-refractivity contribution in [2.24, 2.45) is 0 Å². The fraction of sp³-hybridized carbons (Fsp3) is 0.355. The number of rotatable bonds is 10. The molecule has 0 fully saturated rings. The summed E-state index contributed by atoms with van der Waals surface area (Å²) in [6.07, 6.45) is 2.15. The van der Waals surface area contributed by atoms with Crippen molar-refractivity contribution in [3.8, 4) is 5.75 Å². The number of fused-ring (bicyclic) bond motifs is 1. The third kappa shape index (κ3) is 7.01. The molecule has 200 valence electrons. The zero-order valence-corrected chi connectivity index (χ0v) is 23.6. The van der Waals surface area contributed by atoms with Gasteiger partial charge in [0.1, 0.15) is 23.7 Å². The average Bonchev–Trinajstić information content (AvgIpc) is 3.18. The molecule has 0 radical (unpaired) electrons. The number of hydrogen-bond acceptors (Lipinski definition) is 3. The van der Waals surface area contributed by atoms with E-state index in [1.807, 2.05) is 12.1 Å². The maximum Gasteiger partial charge on any atom is 0.323 e. The van der Waals surface area contributed by atoms with E-state index in [0.717, 1.165) is 29.7 Å². The number of carbonyl (C=O) groups is 2. The van der Waals surface area contributed by atoms with Crippen molar-refractivity contribution in [1.82, 2.24) is 4.90 Å². The molecular formula is C31H33BrFNO4. The maximum atomic E-state index is 14.3. The Bertz CT molecular complexity index is 1320. The van der Waals surface area contributed by atoms with Gasteiger partial charge in [-0.3, -0.25) is 9.59 Å². The number of halogens is 2. The molecular weight excluding hydrogens is 549 g/mol. The van der Waals surface area contributed by atoms with Crippen LogP contribution in [0.15, 0.2) is 65.1 Å². The van der Waals surface area contributed by atoms with Gasteiger partial charge in [0.2, 0.25) is 5.91 Å². The molecule has 1 amide bonds. The predicted molar refractivity (Wildman–Crippen MR) is 149 cm³/mol. The Hall–Kier alpha value is -3.19. The summed E-state index contributed by atoms with van der Waals surface area (Å²) in [7, 11) is 0. The summed E-state index contributed by atoms with van der Waals surface area (Å²) in [4.78, 5) is 25.5. The fourth-order valence-corrected chi connectivity index (χ4v) is 5.27. The number of aliphatic carboxylic acids is 1. The number of amides is 1. The summed E-state index contributed by atoms with van der Waals surface area (Å²) >= 11 is 3.21. The van der Waals surface area contributed by atoms with Crippen LogP contribution in [0.4, 0.5) is 4.39 Å². The van der Waals surface area contributed by atoms with E-state index in [1.165, 1.54) is 22.1 Å². The van der Waals surface area contributed by atoms with E-state index in [2.05, 4.69) is 67.0 Å². The van der Waals surface area contributed by atoms with Crippen LogP contribution in [0, 0.1) is 5.82 Å². The minimum atomic E-state index is -1.14. The molecule has 1 aliphatic rings. The molecule has 1 heterocycles. The normalized spacial score (nSPS) is 16.3. The lowest BCUT2D eigenvalue weighted by Crippen LogP contribution is -2.35. The zero-order chi connectivity index (χ0) is 27.4. The number of carboxylic acids is 1. The molecule has 1 atom stereocenters. The third-order valence-electron chi connectivity index (χ3n) is 6.95. The van der Waals surface area contributed by atoms with Crippen molar-refractivity contribution in [3.63, 3.8) is 0 Å². The summed E-state index contributed by atoms with van der Waals surface area (Å²) < 4.78 is 21.2. The number of benzene rings is 3. The third-order valence-corrected chi connectivity index (χ3v) is 7.45. The van der Waals surface area contributed by atoms with Crippen LogP contribution in [-0.2, 0) is 35.4 Å². The molecule has 1 N–H and O–H groups in total. The lowest BCUT2D eigenvalue weighted by Gasteiger charge is -2.24. The van der Waals surface area contributed by atoms with Gasteiger partial charge in [-0.2, -0.15) is 0 Å². The van der Waals surface area contributed by atoms with E-state index in [0.29, 0.717) is 16.8 Å². The van der Waals surface area contributed by atoms with Gasteiger partial charge in [-0.25, -0.2) is 4.39 Å².